The van der Waals surface area contributed by atoms with E-state index in [0.717, 1.165) is 34.9 Å². The Morgan fingerprint density at radius 1 is 1.18 bits per heavy atom. The Morgan fingerprint density at radius 3 is 2.82 bits per heavy atom. The lowest BCUT2D eigenvalue weighted by Crippen LogP contribution is -2.29. The molecular weight excluding hydrogens is 370 g/mol. The fraction of sp³-hybridized carbons (Fsp3) is 0.435. The van der Waals surface area contributed by atoms with Crippen LogP contribution in [0.15, 0.2) is 36.4 Å². The van der Waals surface area contributed by atoms with Crippen molar-refractivity contribution >= 4 is 22.6 Å². The van der Waals surface area contributed by atoms with E-state index in [1.165, 1.54) is 49.9 Å². The largest absolute Gasteiger partial charge is 0.486 e. The van der Waals surface area contributed by atoms with Crippen molar-refractivity contribution in [2.75, 3.05) is 13.1 Å². The maximum absolute atomic E-state index is 5.92. The van der Waals surface area contributed by atoms with Crippen molar-refractivity contribution in [1.82, 2.24) is 15.3 Å². The van der Waals surface area contributed by atoms with Crippen LogP contribution < -0.4 is 10.1 Å². The molecule has 0 aliphatic carbocycles. The summed E-state index contributed by atoms with van der Waals surface area (Å²) in [6, 6.07) is 11.8. The highest BCUT2D eigenvalue weighted by molar-refractivity contribution is 6.30. The van der Waals surface area contributed by atoms with Crippen molar-refractivity contribution in [2.45, 2.75) is 45.6 Å². The van der Waals surface area contributed by atoms with E-state index in [0.29, 0.717) is 11.6 Å². The van der Waals surface area contributed by atoms with Gasteiger partial charge >= 0.3 is 0 Å². The third-order valence-corrected chi connectivity index (χ3v) is 5.97. The summed E-state index contributed by atoms with van der Waals surface area (Å²) >= 11 is 5.92. The third-order valence-electron chi connectivity index (χ3n) is 5.72. The minimum Gasteiger partial charge on any atom is -0.486 e. The summed E-state index contributed by atoms with van der Waals surface area (Å²) in [4.78, 5) is 8.17. The maximum Gasteiger partial charge on any atom is 0.146 e. The number of imidazole rings is 1. The van der Waals surface area contributed by atoms with Gasteiger partial charge in [0.05, 0.1) is 11.0 Å². The van der Waals surface area contributed by atoms with E-state index in [9.17, 15) is 0 Å². The first kappa shape index (κ1) is 19.3. The molecule has 4 rings (SSSR count). The van der Waals surface area contributed by atoms with E-state index in [4.69, 9.17) is 21.3 Å². The fourth-order valence-electron chi connectivity index (χ4n) is 4.08. The van der Waals surface area contributed by atoms with Gasteiger partial charge < -0.3 is 15.0 Å². The van der Waals surface area contributed by atoms with Gasteiger partial charge in [0.25, 0.3) is 0 Å². The average molecular weight is 398 g/mol. The molecule has 0 spiro atoms. The Kier molecular flexibility index (Phi) is 6.18. The number of hydrogen-bond acceptors (Lipinski definition) is 3. The zero-order valence-electron chi connectivity index (χ0n) is 16.4. The monoisotopic (exact) mass is 397 g/mol. The van der Waals surface area contributed by atoms with Gasteiger partial charge in [-0.2, -0.15) is 0 Å². The number of aromatic nitrogens is 2. The van der Waals surface area contributed by atoms with Gasteiger partial charge in [-0.15, -0.1) is 0 Å². The van der Waals surface area contributed by atoms with Crippen LogP contribution in [0.3, 0.4) is 0 Å². The number of ether oxygens (including phenoxy) is 1. The summed E-state index contributed by atoms with van der Waals surface area (Å²) < 4.78 is 5.82. The van der Waals surface area contributed by atoms with Crippen molar-refractivity contribution < 1.29 is 4.74 Å². The van der Waals surface area contributed by atoms with Gasteiger partial charge in [0.15, 0.2) is 0 Å². The lowest BCUT2D eigenvalue weighted by molar-refractivity contribution is 0.297. The Labute approximate surface area is 171 Å². The molecule has 4 nitrogen and oxygen atoms in total. The van der Waals surface area contributed by atoms with E-state index >= 15 is 0 Å². The fourth-order valence-corrected chi connectivity index (χ4v) is 4.20. The molecule has 1 aromatic heterocycles. The summed E-state index contributed by atoms with van der Waals surface area (Å²) in [5.74, 6) is 2.48. The summed E-state index contributed by atoms with van der Waals surface area (Å²) in [7, 11) is 0. The van der Waals surface area contributed by atoms with Gasteiger partial charge in [0.1, 0.15) is 18.2 Å². The third kappa shape index (κ3) is 4.68. The second kappa shape index (κ2) is 8.97. The highest BCUT2D eigenvalue weighted by Crippen LogP contribution is 2.24. The molecule has 2 aromatic carbocycles. The van der Waals surface area contributed by atoms with Crippen molar-refractivity contribution in [3.05, 3.63) is 58.4 Å². The van der Waals surface area contributed by atoms with Crippen LogP contribution >= 0.6 is 11.6 Å². The van der Waals surface area contributed by atoms with Crippen LogP contribution in [-0.2, 0) is 13.0 Å². The summed E-state index contributed by atoms with van der Waals surface area (Å²) in [6.45, 7) is 4.98. The minimum absolute atomic E-state index is 0.416. The van der Waals surface area contributed by atoms with Crippen molar-refractivity contribution in [1.29, 1.82) is 0 Å². The first-order valence-electron chi connectivity index (χ1n) is 10.3. The predicted molar refractivity (Wildman–Crippen MR) is 115 cm³/mol. The van der Waals surface area contributed by atoms with E-state index in [1.54, 1.807) is 0 Å². The lowest BCUT2D eigenvalue weighted by atomic mass is 9.92. The number of H-pyrrole nitrogens is 1. The number of nitrogens with one attached hydrogen (secondary N) is 2. The Morgan fingerprint density at radius 2 is 2.04 bits per heavy atom. The normalized spacial score (nSPS) is 17.1. The maximum atomic E-state index is 5.92. The molecule has 148 valence electrons. The van der Waals surface area contributed by atoms with Crippen LogP contribution in [0.4, 0.5) is 0 Å². The Bertz CT molecular complexity index is 913. The zero-order valence-corrected chi connectivity index (χ0v) is 17.2. The molecule has 28 heavy (non-hydrogen) atoms. The topological polar surface area (TPSA) is 49.9 Å². The second-order valence-electron chi connectivity index (χ2n) is 7.78. The average Bonchev–Trinajstić information content (AvgIpc) is 3.14. The van der Waals surface area contributed by atoms with E-state index in [2.05, 4.69) is 29.4 Å². The smallest absolute Gasteiger partial charge is 0.146 e. The van der Waals surface area contributed by atoms with Crippen LogP contribution in [0.5, 0.6) is 5.75 Å². The van der Waals surface area contributed by atoms with Crippen molar-refractivity contribution in [3.8, 4) is 5.75 Å². The van der Waals surface area contributed by atoms with E-state index in [-0.39, 0.29) is 0 Å². The molecule has 5 heteroatoms. The molecule has 0 bridgehead atoms. The summed E-state index contributed by atoms with van der Waals surface area (Å²) in [5.41, 5.74) is 4.83. The Hall–Kier alpha value is -2.04. The van der Waals surface area contributed by atoms with Crippen LogP contribution in [0.1, 0.15) is 42.6 Å². The summed E-state index contributed by atoms with van der Waals surface area (Å²) in [6.07, 6.45) is 6.38. The van der Waals surface area contributed by atoms with Gasteiger partial charge in [-0.3, -0.25) is 0 Å². The van der Waals surface area contributed by atoms with Gasteiger partial charge in [0, 0.05) is 5.02 Å². The highest BCUT2D eigenvalue weighted by Gasteiger charge is 2.14. The van der Waals surface area contributed by atoms with Gasteiger partial charge in [-0.1, -0.05) is 17.7 Å². The molecule has 0 radical (unpaired) electrons. The number of hydrogen-bond donors (Lipinski definition) is 2. The molecule has 1 aliphatic rings. The number of fused-ring (bicyclic) bond motifs is 1. The van der Waals surface area contributed by atoms with Crippen molar-refractivity contribution in [3.63, 3.8) is 0 Å². The number of benzene rings is 2. The van der Waals surface area contributed by atoms with E-state index < -0.39 is 0 Å². The molecule has 1 fully saturated rings. The van der Waals surface area contributed by atoms with Gasteiger partial charge in [-0.05, 0) is 99.5 Å². The molecule has 3 aromatic rings. The zero-order chi connectivity index (χ0) is 19.3. The molecule has 1 atom stereocenters. The first-order valence-corrected chi connectivity index (χ1v) is 10.6. The molecule has 0 saturated carbocycles. The van der Waals surface area contributed by atoms with Crippen LogP contribution in [0.2, 0.25) is 5.02 Å². The standard InChI is InChI=1S/C23H28ClN3O/c1-16-18(6-2-4-17-5-3-13-25-14-17)7-12-21-23(16)27-22(26-21)15-28-20-10-8-19(24)9-11-20/h7-12,17,25H,2-6,13-15H2,1H3,(H,26,27). The lowest BCUT2D eigenvalue weighted by Gasteiger charge is -2.22. The Balaban J connectivity index is 1.38. The second-order valence-corrected chi connectivity index (χ2v) is 8.21. The molecular formula is C23H28ClN3O. The number of nitrogens with zero attached hydrogens (tertiary/aromatic N) is 1. The molecule has 2 N–H and O–H groups in total. The number of aryl methyl sites for hydroxylation is 2. The number of halogens is 1. The number of piperidine rings is 1. The number of aromatic amines is 1. The predicted octanol–water partition coefficient (Wildman–Crippen LogP) is 5.43. The molecule has 1 unspecified atom stereocenters. The van der Waals surface area contributed by atoms with Gasteiger partial charge in [0.2, 0.25) is 0 Å². The van der Waals surface area contributed by atoms with Crippen LogP contribution in [-0.4, -0.2) is 23.1 Å². The minimum atomic E-state index is 0.416. The molecule has 1 saturated heterocycles. The van der Waals surface area contributed by atoms with Crippen LogP contribution in [0.25, 0.3) is 11.0 Å². The molecule has 0 amide bonds. The van der Waals surface area contributed by atoms with Crippen LogP contribution in [0, 0.1) is 12.8 Å². The SMILES string of the molecule is Cc1c(CCCC2CCCNC2)ccc2[nH]c(COc3ccc(Cl)cc3)nc12. The molecule has 2 heterocycles. The highest BCUT2D eigenvalue weighted by atomic mass is 35.5. The molecule has 1 aliphatic heterocycles. The quantitative estimate of drug-likeness (QED) is 0.559. The number of rotatable bonds is 7. The van der Waals surface area contributed by atoms with E-state index in [1.807, 2.05) is 24.3 Å². The summed E-state index contributed by atoms with van der Waals surface area (Å²) in [5, 5.41) is 4.22. The first-order chi connectivity index (χ1) is 13.7. The van der Waals surface area contributed by atoms with Crippen molar-refractivity contribution in [2.24, 2.45) is 5.92 Å². The van der Waals surface area contributed by atoms with Gasteiger partial charge in [-0.25, -0.2) is 4.98 Å².